The smallest absolute Gasteiger partial charge is 0.132 e. The van der Waals surface area contributed by atoms with E-state index in [2.05, 4.69) is 54.4 Å². The van der Waals surface area contributed by atoms with Crippen LogP contribution < -0.4 is 10.2 Å². The zero-order valence-corrected chi connectivity index (χ0v) is 11.7. The molecule has 19 heavy (non-hydrogen) atoms. The molecule has 1 aliphatic rings. The molecule has 0 spiro atoms. The average Bonchev–Trinajstić information content (AvgIpc) is 2.94. The van der Waals surface area contributed by atoms with E-state index in [1.807, 2.05) is 0 Å². The average molecular weight is 255 g/mol. The summed E-state index contributed by atoms with van der Waals surface area (Å²) in [7, 11) is 0. The van der Waals surface area contributed by atoms with Gasteiger partial charge in [-0.1, -0.05) is 18.2 Å². The molecule has 1 aromatic carbocycles. The number of pyridine rings is 1. The van der Waals surface area contributed by atoms with Gasteiger partial charge in [-0.15, -0.1) is 0 Å². The number of likely N-dealkylation sites (N-methyl/N-ethyl adjacent to an activating group) is 1. The maximum absolute atomic E-state index is 4.89. The van der Waals surface area contributed by atoms with Gasteiger partial charge in [0.05, 0.1) is 5.52 Å². The first kappa shape index (κ1) is 12.4. The van der Waals surface area contributed by atoms with Crippen LogP contribution in [0.15, 0.2) is 30.3 Å². The molecule has 0 radical (unpaired) electrons. The topological polar surface area (TPSA) is 28.2 Å². The lowest BCUT2D eigenvalue weighted by molar-refractivity contribution is 0.640. The van der Waals surface area contributed by atoms with Gasteiger partial charge in [-0.3, -0.25) is 0 Å². The Morgan fingerprint density at radius 2 is 2.21 bits per heavy atom. The largest absolute Gasteiger partial charge is 0.352 e. The van der Waals surface area contributed by atoms with Gasteiger partial charge in [-0.05, 0) is 44.5 Å². The number of benzene rings is 1. The molecule has 3 rings (SSSR count). The van der Waals surface area contributed by atoms with E-state index in [0.717, 1.165) is 31.0 Å². The van der Waals surface area contributed by atoms with Crippen molar-refractivity contribution < 1.29 is 0 Å². The maximum Gasteiger partial charge on any atom is 0.132 e. The van der Waals surface area contributed by atoms with Crippen LogP contribution in [0.2, 0.25) is 0 Å². The van der Waals surface area contributed by atoms with Crippen LogP contribution in [0.5, 0.6) is 0 Å². The predicted octanol–water partition coefficient (Wildman–Crippen LogP) is 2.73. The Balaban J connectivity index is 2.04. The number of fused-ring (bicyclic) bond motifs is 1. The van der Waals surface area contributed by atoms with Crippen LogP contribution in [0.4, 0.5) is 5.82 Å². The molecule has 0 amide bonds. The molecule has 0 saturated carbocycles. The summed E-state index contributed by atoms with van der Waals surface area (Å²) in [5.41, 5.74) is 2.36. The van der Waals surface area contributed by atoms with Gasteiger partial charge in [0.1, 0.15) is 5.82 Å². The second-order valence-electron chi connectivity index (χ2n) is 5.25. The number of nitrogens with zero attached hydrogens (tertiary/aromatic N) is 2. The fourth-order valence-corrected chi connectivity index (χ4v) is 2.99. The van der Waals surface area contributed by atoms with Crippen molar-refractivity contribution in [2.24, 2.45) is 0 Å². The highest BCUT2D eigenvalue weighted by atomic mass is 15.2. The Kier molecular flexibility index (Phi) is 3.38. The van der Waals surface area contributed by atoms with Crippen LogP contribution >= 0.6 is 0 Å². The fourth-order valence-electron chi connectivity index (χ4n) is 2.99. The third-order valence-electron chi connectivity index (χ3n) is 3.98. The molecule has 100 valence electrons. The van der Waals surface area contributed by atoms with Gasteiger partial charge in [0, 0.05) is 24.5 Å². The standard InChI is InChI=1S/C16H21N3/c1-3-19(14-8-9-17-11-14)16-12(2)10-13-6-4-5-7-15(13)18-16/h4-7,10,14,17H,3,8-9,11H2,1-2H3. The van der Waals surface area contributed by atoms with Gasteiger partial charge in [0.25, 0.3) is 0 Å². The first-order valence-corrected chi connectivity index (χ1v) is 7.13. The fraction of sp³-hybridized carbons (Fsp3) is 0.438. The van der Waals surface area contributed by atoms with Crippen molar-refractivity contribution in [3.63, 3.8) is 0 Å². The minimum absolute atomic E-state index is 0.581. The van der Waals surface area contributed by atoms with Gasteiger partial charge in [0.15, 0.2) is 0 Å². The summed E-state index contributed by atoms with van der Waals surface area (Å²) in [6.07, 6.45) is 1.21. The van der Waals surface area contributed by atoms with Gasteiger partial charge < -0.3 is 10.2 Å². The number of hydrogen-bond donors (Lipinski definition) is 1. The molecule has 1 aliphatic heterocycles. The molecule has 1 unspecified atom stereocenters. The van der Waals surface area contributed by atoms with Crippen molar-refractivity contribution in [2.45, 2.75) is 26.3 Å². The van der Waals surface area contributed by atoms with Crippen molar-refractivity contribution in [3.8, 4) is 0 Å². The number of aromatic nitrogens is 1. The van der Waals surface area contributed by atoms with E-state index in [0.29, 0.717) is 6.04 Å². The van der Waals surface area contributed by atoms with E-state index in [9.17, 15) is 0 Å². The van der Waals surface area contributed by atoms with E-state index in [-0.39, 0.29) is 0 Å². The first-order chi connectivity index (χ1) is 9.29. The highest BCUT2D eigenvalue weighted by Gasteiger charge is 2.23. The quantitative estimate of drug-likeness (QED) is 0.914. The minimum Gasteiger partial charge on any atom is -0.352 e. The summed E-state index contributed by atoms with van der Waals surface area (Å²) >= 11 is 0. The van der Waals surface area contributed by atoms with E-state index in [1.54, 1.807) is 0 Å². The van der Waals surface area contributed by atoms with Crippen molar-refractivity contribution in [2.75, 3.05) is 24.5 Å². The molecular weight excluding hydrogens is 234 g/mol. The van der Waals surface area contributed by atoms with Crippen molar-refractivity contribution in [1.82, 2.24) is 10.3 Å². The monoisotopic (exact) mass is 255 g/mol. The number of anilines is 1. The van der Waals surface area contributed by atoms with Crippen LogP contribution in [0.25, 0.3) is 10.9 Å². The number of nitrogens with one attached hydrogen (secondary N) is 1. The molecule has 1 saturated heterocycles. The van der Waals surface area contributed by atoms with Crippen LogP contribution in [0.3, 0.4) is 0 Å². The van der Waals surface area contributed by atoms with Crippen LogP contribution in [-0.4, -0.2) is 30.7 Å². The lowest BCUT2D eigenvalue weighted by Gasteiger charge is -2.29. The molecular formula is C16H21N3. The number of hydrogen-bond acceptors (Lipinski definition) is 3. The van der Waals surface area contributed by atoms with Crippen molar-refractivity contribution in [3.05, 3.63) is 35.9 Å². The summed E-state index contributed by atoms with van der Waals surface area (Å²) in [5.74, 6) is 1.15. The summed E-state index contributed by atoms with van der Waals surface area (Å²) in [5, 5.41) is 4.67. The molecule has 1 fully saturated rings. The molecule has 2 aromatic rings. The van der Waals surface area contributed by atoms with Gasteiger partial charge >= 0.3 is 0 Å². The second kappa shape index (κ2) is 5.17. The second-order valence-corrected chi connectivity index (χ2v) is 5.25. The van der Waals surface area contributed by atoms with Gasteiger partial charge in [0.2, 0.25) is 0 Å². The van der Waals surface area contributed by atoms with E-state index in [1.165, 1.54) is 17.4 Å². The molecule has 1 aromatic heterocycles. The summed E-state index contributed by atoms with van der Waals surface area (Å²) < 4.78 is 0. The molecule has 3 heteroatoms. The van der Waals surface area contributed by atoms with Crippen LogP contribution in [0, 0.1) is 6.92 Å². The van der Waals surface area contributed by atoms with E-state index in [4.69, 9.17) is 4.98 Å². The highest BCUT2D eigenvalue weighted by molar-refractivity contribution is 5.81. The Morgan fingerprint density at radius 3 is 2.95 bits per heavy atom. The first-order valence-electron chi connectivity index (χ1n) is 7.13. The summed E-state index contributed by atoms with van der Waals surface area (Å²) in [6.45, 7) is 7.59. The Bertz CT molecular complexity index is 573. The zero-order chi connectivity index (χ0) is 13.2. The molecule has 2 heterocycles. The third-order valence-corrected chi connectivity index (χ3v) is 3.98. The van der Waals surface area contributed by atoms with Crippen molar-refractivity contribution in [1.29, 1.82) is 0 Å². The van der Waals surface area contributed by atoms with Crippen LogP contribution in [-0.2, 0) is 0 Å². The van der Waals surface area contributed by atoms with Crippen LogP contribution in [0.1, 0.15) is 18.9 Å². The molecule has 1 N–H and O–H groups in total. The molecule has 0 bridgehead atoms. The predicted molar refractivity (Wildman–Crippen MR) is 80.8 cm³/mol. The van der Waals surface area contributed by atoms with Gasteiger partial charge in [-0.2, -0.15) is 0 Å². The van der Waals surface area contributed by atoms with Crippen molar-refractivity contribution >= 4 is 16.7 Å². The molecule has 0 aliphatic carbocycles. The minimum atomic E-state index is 0.581. The molecule has 3 nitrogen and oxygen atoms in total. The summed E-state index contributed by atoms with van der Waals surface area (Å²) in [6, 6.07) is 11.2. The lowest BCUT2D eigenvalue weighted by atomic mass is 10.1. The number of aryl methyl sites for hydroxylation is 1. The van der Waals surface area contributed by atoms with Gasteiger partial charge in [-0.25, -0.2) is 4.98 Å². The normalized spacial score (nSPS) is 18.9. The Morgan fingerprint density at radius 1 is 1.37 bits per heavy atom. The number of para-hydroxylation sites is 1. The van der Waals surface area contributed by atoms with E-state index < -0.39 is 0 Å². The maximum atomic E-state index is 4.89. The Labute approximate surface area is 114 Å². The van der Waals surface area contributed by atoms with E-state index >= 15 is 0 Å². The lowest BCUT2D eigenvalue weighted by Crippen LogP contribution is -2.37. The summed E-state index contributed by atoms with van der Waals surface area (Å²) in [4.78, 5) is 7.33. The Hall–Kier alpha value is -1.61. The third kappa shape index (κ3) is 2.30. The molecule has 1 atom stereocenters. The highest BCUT2D eigenvalue weighted by Crippen LogP contribution is 2.25. The SMILES string of the molecule is CCN(c1nc2ccccc2cc1C)C1CCNC1. The zero-order valence-electron chi connectivity index (χ0n) is 11.7. The number of rotatable bonds is 3.